The number of carbonyl (C=O) groups is 1. The van der Waals surface area contributed by atoms with E-state index in [4.69, 9.17) is 0 Å². The molecule has 4 rings (SSSR count). The minimum absolute atomic E-state index is 0.192. The molecular weight excluding hydrogens is 346 g/mol. The number of carbonyl (C=O) groups excluding carboxylic acids is 1. The molecule has 0 radical (unpaired) electrons. The average Bonchev–Trinajstić information content (AvgIpc) is 3.34. The third-order valence-electron chi connectivity index (χ3n) is 5.71. The number of likely N-dealkylation sites (tertiary alicyclic amines) is 2. The molecule has 2 aromatic rings. The first-order valence-corrected chi connectivity index (χ1v) is 10.5. The zero-order chi connectivity index (χ0) is 17.9. The fraction of sp³-hybridized carbons (Fsp3) is 0.632. The summed E-state index contributed by atoms with van der Waals surface area (Å²) in [5.74, 6) is 2.13. The molecule has 0 bridgehead atoms. The Balaban J connectivity index is 1.35. The summed E-state index contributed by atoms with van der Waals surface area (Å²) in [6.07, 6.45) is 8.12. The van der Waals surface area contributed by atoms with E-state index in [9.17, 15) is 4.79 Å². The molecule has 2 saturated heterocycles. The molecule has 0 unspecified atom stereocenters. The number of piperidine rings is 2. The van der Waals surface area contributed by atoms with Gasteiger partial charge in [0.25, 0.3) is 0 Å². The Bertz CT molecular complexity index is 720. The summed E-state index contributed by atoms with van der Waals surface area (Å²) in [4.78, 5) is 26.2. The van der Waals surface area contributed by atoms with Gasteiger partial charge in [-0.2, -0.15) is 0 Å². The number of amides is 1. The van der Waals surface area contributed by atoms with Crippen LogP contribution < -0.4 is 0 Å². The fourth-order valence-electron chi connectivity index (χ4n) is 4.29. The van der Waals surface area contributed by atoms with Gasteiger partial charge in [-0.25, -0.2) is 9.97 Å². The Labute approximate surface area is 158 Å². The second kappa shape index (κ2) is 7.88. The van der Waals surface area contributed by atoms with Gasteiger partial charge in [0, 0.05) is 43.3 Å². The Kier molecular flexibility index (Phi) is 5.36. The predicted octanol–water partition coefficient (Wildman–Crippen LogP) is 2.44. The van der Waals surface area contributed by atoms with Crippen LogP contribution in [0.4, 0.5) is 0 Å². The summed E-state index contributed by atoms with van der Waals surface area (Å²) in [5.41, 5.74) is 2.96. The molecule has 2 aliphatic heterocycles. The SMILES string of the molecule is CN1CCC[C@H](C(=O)N2CCC(c3nccn3Cc3cscn3)CC2)C1. The molecule has 26 heavy (non-hydrogen) atoms. The molecule has 2 aromatic heterocycles. The molecule has 140 valence electrons. The van der Waals surface area contributed by atoms with Gasteiger partial charge < -0.3 is 14.4 Å². The molecule has 2 aliphatic rings. The van der Waals surface area contributed by atoms with Crippen molar-refractivity contribution in [3.05, 3.63) is 34.8 Å². The van der Waals surface area contributed by atoms with E-state index in [1.165, 1.54) is 0 Å². The van der Waals surface area contributed by atoms with Gasteiger partial charge in [0.05, 0.1) is 23.7 Å². The van der Waals surface area contributed by atoms with Crippen LogP contribution in [0.5, 0.6) is 0 Å². The summed E-state index contributed by atoms with van der Waals surface area (Å²) in [5, 5.41) is 2.09. The van der Waals surface area contributed by atoms with E-state index in [0.717, 1.165) is 69.9 Å². The van der Waals surface area contributed by atoms with Gasteiger partial charge in [0.1, 0.15) is 5.82 Å². The van der Waals surface area contributed by atoms with Crippen LogP contribution in [0.15, 0.2) is 23.3 Å². The van der Waals surface area contributed by atoms with E-state index in [1.54, 1.807) is 11.3 Å². The van der Waals surface area contributed by atoms with Gasteiger partial charge in [-0.3, -0.25) is 4.79 Å². The molecule has 7 heteroatoms. The summed E-state index contributed by atoms with van der Waals surface area (Å²) < 4.78 is 2.22. The van der Waals surface area contributed by atoms with E-state index in [-0.39, 0.29) is 5.92 Å². The molecule has 1 atom stereocenters. The highest BCUT2D eigenvalue weighted by atomic mass is 32.1. The summed E-state index contributed by atoms with van der Waals surface area (Å²) in [7, 11) is 2.12. The molecule has 0 aromatic carbocycles. The molecule has 6 nitrogen and oxygen atoms in total. The second-order valence-electron chi connectivity index (χ2n) is 7.59. The third-order valence-corrected chi connectivity index (χ3v) is 6.34. The number of imidazole rings is 1. The van der Waals surface area contributed by atoms with Crippen molar-refractivity contribution in [1.29, 1.82) is 0 Å². The van der Waals surface area contributed by atoms with Crippen molar-refractivity contribution in [2.45, 2.75) is 38.1 Å². The predicted molar refractivity (Wildman–Crippen MR) is 102 cm³/mol. The van der Waals surface area contributed by atoms with Crippen molar-refractivity contribution in [3.63, 3.8) is 0 Å². The van der Waals surface area contributed by atoms with Gasteiger partial charge in [-0.15, -0.1) is 11.3 Å². The second-order valence-corrected chi connectivity index (χ2v) is 8.31. The van der Waals surface area contributed by atoms with Crippen LogP contribution in [0, 0.1) is 5.92 Å². The monoisotopic (exact) mass is 373 g/mol. The lowest BCUT2D eigenvalue weighted by Crippen LogP contribution is -2.46. The maximum Gasteiger partial charge on any atom is 0.226 e. The van der Waals surface area contributed by atoms with E-state index in [1.807, 2.05) is 17.9 Å². The Morgan fingerprint density at radius 3 is 2.81 bits per heavy atom. The summed E-state index contributed by atoms with van der Waals surface area (Å²) in [6.45, 7) is 4.53. The number of hydrogen-bond donors (Lipinski definition) is 0. The van der Waals surface area contributed by atoms with Gasteiger partial charge in [0.15, 0.2) is 0 Å². The van der Waals surface area contributed by atoms with Gasteiger partial charge in [0.2, 0.25) is 5.91 Å². The highest BCUT2D eigenvalue weighted by Crippen LogP contribution is 2.29. The minimum atomic E-state index is 0.192. The van der Waals surface area contributed by atoms with Crippen LogP contribution in [0.2, 0.25) is 0 Å². The molecular formula is C19H27N5OS. The maximum absolute atomic E-state index is 12.8. The lowest BCUT2D eigenvalue weighted by atomic mass is 9.92. The molecule has 1 amide bonds. The van der Waals surface area contributed by atoms with Crippen LogP contribution in [0.1, 0.15) is 43.1 Å². The van der Waals surface area contributed by atoms with E-state index >= 15 is 0 Å². The minimum Gasteiger partial charge on any atom is -0.342 e. The number of aromatic nitrogens is 3. The van der Waals surface area contributed by atoms with E-state index in [2.05, 4.69) is 36.8 Å². The molecule has 0 N–H and O–H groups in total. The highest BCUT2D eigenvalue weighted by molar-refractivity contribution is 7.07. The normalized spacial score (nSPS) is 22.7. The number of nitrogens with zero attached hydrogens (tertiary/aromatic N) is 5. The lowest BCUT2D eigenvalue weighted by molar-refractivity contribution is -0.138. The third kappa shape index (κ3) is 3.83. The van der Waals surface area contributed by atoms with Crippen LogP contribution in [-0.4, -0.2) is 63.5 Å². The number of hydrogen-bond acceptors (Lipinski definition) is 5. The zero-order valence-corrected chi connectivity index (χ0v) is 16.2. The smallest absolute Gasteiger partial charge is 0.226 e. The molecule has 2 fully saturated rings. The molecule has 0 aliphatic carbocycles. The maximum atomic E-state index is 12.8. The molecule has 0 spiro atoms. The quantitative estimate of drug-likeness (QED) is 0.826. The average molecular weight is 374 g/mol. The fourth-order valence-corrected chi connectivity index (χ4v) is 4.84. The van der Waals surface area contributed by atoms with Crippen molar-refractivity contribution in [2.24, 2.45) is 5.92 Å². The summed E-state index contributed by atoms with van der Waals surface area (Å²) in [6, 6.07) is 0. The van der Waals surface area contributed by atoms with Crippen LogP contribution in [0.25, 0.3) is 0 Å². The standard InChI is InChI=1S/C19H27N5OS/c1-22-7-2-3-16(11-22)19(25)23-8-4-15(5-9-23)18-20-6-10-24(18)12-17-13-26-14-21-17/h6,10,13-16H,2-5,7-9,11-12H2,1H3/t16-/m0/s1. The first-order valence-electron chi connectivity index (χ1n) is 9.56. The topological polar surface area (TPSA) is 54.3 Å². The van der Waals surface area contributed by atoms with Crippen molar-refractivity contribution in [3.8, 4) is 0 Å². The molecule has 4 heterocycles. The first kappa shape index (κ1) is 17.7. The highest BCUT2D eigenvalue weighted by Gasteiger charge is 2.31. The van der Waals surface area contributed by atoms with Crippen molar-refractivity contribution in [2.75, 3.05) is 33.2 Å². The zero-order valence-electron chi connectivity index (χ0n) is 15.4. The summed E-state index contributed by atoms with van der Waals surface area (Å²) >= 11 is 1.63. The largest absolute Gasteiger partial charge is 0.342 e. The van der Waals surface area contributed by atoms with Crippen LogP contribution in [0.3, 0.4) is 0 Å². The van der Waals surface area contributed by atoms with E-state index < -0.39 is 0 Å². The van der Waals surface area contributed by atoms with Crippen molar-refractivity contribution >= 4 is 17.2 Å². The van der Waals surface area contributed by atoms with Gasteiger partial charge >= 0.3 is 0 Å². The Hall–Kier alpha value is -1.73. The van der Waals surface area contributed by atoms with Gasteiger partial charge in [-0.05, 0) is 39.3 Å². The molecule has 0 saturated carbocycles. The van der Waals surface area contributed by atoms with Crippen molar-refractivity contribution in [1.82, 2.24) is 24.3 Å². The van der Waals surface area contributed by atoms with E-state index in [0.29, 0.717) is 11.8 Å². The Morgan fingerprint density at radius 1 is 1.23 bits per heavy atom. The Morgan fingerprint density at radius 2 is 2.08 bits per heavy atom. The van der Waals surface area contributed by atoms with Crippen molar-refractivity contribution < 1.29 is 4.79 Å². The van der Waals surface area contributed by atoms with Crippen LogP contribution >= 0.6 is 11.3 Å². The van der Waals surface area contributed by atoms with Gasteiger partial charge in [-0.1, -0.05) is 0 Å². The first-order chi connectivity index (χ1) is 12.7. The number of thiazole rings is 1. The lowest BCUT2D eigenvalue weighted by Gasteiger charge is -2.36. The van der Waals surface area contributed by atoms with Crippen LogP contribution in [-0.2, 0) is 11.3 Å². The number of rotatable bonds is 4.